The molecule has 0 saturated heterocycles. The maximum Gasteiger partial charge on any atom is 0.115 e. The van der Waals surface area contributed by atoms with Gasteiger partial charge in [0.15, 0.2) is 0 Å². The minimum absolute atomic E-state index is 0.0675. The fourth-order valence-corrected chi connectivity index (χ4v) is 3.03. The molecule has 0 bridgehead atoms. The molecular weight excluding hydrogens is 324 g/mol. The van der Waals surface area contributed by atoms with Gasteiger partial charge in [-0.1, -0.05) is 75.4 Å². The van der Waals surface area contributed by atoms with Crippen molar-refractivity contribution >= 4 is 0 Å². The molecule has 2 aromatic carbocycles. The van der Waals surface area contributed by atoms with Gasteiger partial charge in [0.1, 0.15) is 5.75 Å². The predicted octanol–water partition coefficient (Wildman–Crippen LogP) is 5.22. The average Bonchev–Trinajstić information content (AvgIpc) is 2.66. The first-order valence-electron chi connectivity index (χ1n) is 9.04. The summed E-state index contributed by atoms with van der Waals surface area (Å²) in [7, 11) is 1.71. The summed E-state index contributed by atoms with van der Waals surface area (Å²) in [6.07, 6.45) is 1.48. The van der Waals surface area contributed by atoms with E-state index >= 15 is 0 Å². The lowest BCUT2D eigenvalue weighted by Crippen LogP contribution is -2.32. The molecule has 0 aliphatic heterocycles. The van der Waals surface area contributed by atoms with E-state index in [1.807, 2.05) is 44.2 Å². The number of methoxy groups -OCH3 is 1. The third-order valence-electron chi connectivity index (χ3n) is 4.59. The first-order chi connectivity index (χ1) is 12.4. The molecule has 0 spiro atoms. The van der Waals surface area contributed by atoms with Crippen LogP contribution >= 0.6 is 0 Å². The Morgan fingerprint density at radius 1 is 0.923 bits per heavy atom. The largest absolute Gasteiger partial charge is 0.508 e. The summed E-state index contributed by atoms with van der Waals surface area (Å²) in [5.41, 5.74) is 1.12. The normalized spacial score (nSPS) is 15.3. The Kier molecular flexibility index (Phi) is 9.71. The van der Waals surface area contributed by atoms with E-state index in [4.69, 9.17) is 9.84 Å². The second kappa shape index (κ2) is 11.5. The third kappa shape index (κ3) is 6.66. The molecule has 0 unspecified atom stereocenters. The van der Waals surface area contributed by atoms with Crippen molar-refractivity contribution in [1.29, 1.82) is 0 Å². The molecule has 0 aliphatic carbocycles. The number of aromatic hydroxyl groups is 1. The molecule has 0 aliphatic rings. The minimum Gasteiger partial charge on any atom is -0.508 e. The number of benzene rings is 2. The molecular formula is C23H32O3. The summed E-state index contributed by atoms with van der Waals surface area (Å²) >= 11 is 0. The van der Waals surface area contributed by atoms with Crippen molar-refractivity contribution in [3.63, 3.8) is 0 Å². The van der Waals surface area contributed by atoms with Gasteiger partial charge in [0.2, 0.25) is 0 Å². The monoisotopic (exact) mass is 356 g/mol. The maximum atomic E-state index is 10.3. The zero-order chi connectivity index (χ0) is 19.5. The fourth-order valence-electron chi connectivity index (χ4n) is 3.03. The van der Waals surface area contributed by atoms with Crippen LogP contribution in [0.25, 0.3) is 0 Å². The van der Waals surface area contributed by atoms with Crippen LogP contribution in [0.4, 0.5) is 0 Å². The van der Waals surface area contributed by atoms with Crippen molar-refractivity contribution in [3.8, 4) is 5.75 Å². The Hall–Kier alpha value is -2.10. The van der Waals surface area contributed by atoms with Gasteiger partial charge in [0.25, 0.3) is 0 Å². The van der Waals surface area contributed by atoms with Crippen LogP contribution in [0, 0.1) is 17.8 Å². The average molecular weight is 357 g/mol. The predicted molar refractivity (Wildman–Crippen MR) is 108 cm³/mol. The highest BCUT2D eigenvalue weighted by molar-refractivity contribution is 5.20. The highest BCUT2D eigenvalue weighted by Gasteiger charge is 2.31. The Bertz CT molecular complexity index is 610. The molecule has 142 valence electrons. The van der Waals surface area contributed by atoms with Crippen LogP contribution < -0.4 is 0 Å². The van der Waals surface area contributed by atoms with Crippen molar-refractivity contribution in [2.24, 2.45) is 17.8 Å². The zero-order valence-corrected chi connectivity index (χ0v) is 16.2. The van der Waals surface area contributed by atoms with Gasteiger partial charge in [0.05, 0.1) is 12.2 Å². The van der Waals surface area contributed by atoms with Crippen LogP contribution in [-0.2, 0) is 4.74 Å². The first-order valence-corrected chi connectivity index (χ1v) is 9.04. The number of ether oxygens (including phenoxy) is 1. The van der Waals surface area contributed by atoms with E-state index in [2.05, 4.69) is 25.6 Å². The van der Waals surface area contributed by atoms with E-state index in [9.17, 15) is 5.11 Å². The van der Waals surface area contributed by atoms with E-state index in [0.717, 1.165) is 5.56 Å². The molecule has 26 heavy (non-hydrogen) atoms. The van der Waals surface area contributed by atoms with Gasteiger partial charge in [-0.3, -0.25) is 0 Å². The highest BCUT2D eigenvalue weighted by atomic mass is 16.5. The molecule has 3 heteroatoms. The van der Waals surface area contributed by atoms with Crippen LogP contribution in [0.15, 0.2) is 73.3 Å². The van der Waals surface area contributed by atoms with E-state index in [-0.39, 0.29) is 30.0 Å². The Morgan fingerprint density at radius 3 is 1.77 bits per heavy atom. The lowest BCUT2D eigenvalue weighted by Gasteiger charge is -2.33. The zero-order valence-electron chi connectivity index (χ0n) is 16.2. The molecule has 3 nitrogen and oxygen atoms in total. The Morgan fingerprint density at radius 2 is 1.42 bits per heavy atom. The second-order valence-corrected chi connectivity index (χ2v) is 6.81. The number of aliphatic hydroxyl groups is 1. The van der Waals surface area contributed by atoms with Crippen LogP contribution in [0.1, 0.15) is 32.4 Å². The fraction of sp³-hybridized carbons (Fsp3) is 0.391. The van der Waals surface area contributed by atoms with E-state index < -0.39 is 0 Å². The standard InChI is InChI=1S/C17H26O2.C6H6O/c1-6-15(13(4)16(18)12(2)3)17(19-5)14-10-8-7-9-11-14;7-6-4-2-1-3-5-6/h6-13,15-18H,1H2,2-5H3;1-5,7H/t13-,15+,16+,17+;/m1./s1. The van der Waals surface area contributed by atoms with Gasteiger partial charge in [-0.05, 0) is 29.5 Å². The number of hydrogen-bond donors (Lipinski definition) is 2. The SMILES string of the molecule is C=C[C@@H]([C@@H](C)[C@@H](O)C(C)C)[C@@H](OC)c1ccccc1.Oc1ccccc1. The number of rotatable bonds is 7. The molecule has 0 saturated carbocycles. The van der Waals surface area contributed by atoms with Crippen LogP contribution in [-0.4, -0.2) is 23.4 Å². The molecule has 2 aromatic rings. The van der Waals surface area contributed by atoms with Gasteiger partial charge < -0.3 is 14.9 Å². The summed E-state index contributed by atoms with van der Waals surface area (Å²) in [5, 5.41) is 18.9. The highest BCUT2D eigenvalue weighted by Crippen LogP contribution is 2.34. The topological polar surface area (TPSA) is 49.7 Å². The summed E-state index contributed by atoms with van der Waals surface area (Å²) in [4.78, 5) is 0. The smallest absolute Gasteiger partial charge is 0.115 e. The molecule has 0 amide bonds. The molecule has 0 fully saturated rings. The van der Waals surface area contributed by atoms with Gasteiger partial charge in [-0.25, -0.2) is 0 Å². The summed E-state index contributed by atoms with van der Waals surface area (Å²) in [6.45, 7) is 10.1. The van der Waals surface area contributed by atoms with Gasteiger partial charge in [-0.2, -0.15) is 0 Å². The molecule has 2 rings (SSSR count). The summed E-state index contributed by atoms with van der Waals surface area (Å²) < 4.78 is 5.66. The second-order valence-electron chi connectivity index (χ2n) is 6.81. The van der Waals surface area contributed by atoms with Gasteiger partial charge in [-0.15, -0.1) is 6.58 Å². The first kappa shape index (κ1) is 21.9. The number of hydrogen-bond acceptors (Lipinski definition) is 3. The summed E-state index contributed by atoms with van der Waals surface area (Å²) in [5.74, 6) is 0.737. The van der Waals surface area contributed by atoms with Crippen molar-refractivity contribution in [1.82, 2.24) is 0 Å². The Balaban J connectivity index is 0.000000401. The van der Waals surface area contributed by atoms with Crippen molar-refractivity contribution in [2.75, 3.05) is 7.11 Å². The molecule has 0 radical (unpaired) electrons. The lowest BCUT2D eigenvalue weighted by molar-refractivity contribution is -0.00742. The van der Waals surface area contributed by atoms with Crippen LogP contribution in [0.3, 0.4) is 0 Å². The van der Waals surface area contributed by atoms with Crippen molar-refractivity contribution in [3.05, 3.63) is 78.9 Å². The summed E-state index contributed by atoms with van der Waals surface area (Å²) in [6, 6.07) is 18.8. The van der Waals surface area contributed by atoms with Crippen molar-refractivity contribution in [2.45, 2.75) is 33.0 Å². The lowest BCUT2D eigenvalue weighted by atomic mass is 9.79. The van der Waals surface area contributed by atoms with Crippen molar-refractivity contribution < 1.29 is 14.9 Å². The van der Waals surface area contributed by atoms with Gasteiger partial charge >= 0.3 is 0 Å². The number of para-hydroxylation sites is 1. The minimum atomic E-state index is -0.357. The third-order valence-corrected chi connectivity index (χ3v) is 4.59. The Labute approximate surface area is 158 Å². The van der Waals surface area contributed by atoms with Crippen LogP contribution in [0.5, 0.6) is 5.75 Å². The van der Waals surface area contributed by atoms with Gasteiger partial charge in [0, 0.05) is 13.0 Å². The number of aliphatic hydroxyl groups excluding tert-OH is 1. The quantitative estimate of drug-likeness (QED) is 0.669. The molecule has 2 N–H and O–H groups in total. The van der Waals surface area contributed by atoms with E-state index in [1.54, 1.807) is 31.4 Å². The molecule has 0 aromatic heterocycles. The maximum absolute atomic E-state index is 10.3. The molecule has 0 heterocycles. The van der Waals surface area contributed by atoms with E-state index in [1.165, 1.54) is 0 Å². The number of phenolic OH excluding ortho intramolecular Hbond substituents is 1. The molecule has 4 atom stereocenters. The van der Waals surface area contributed by atoms with Crippen LogP contribution in [0.2, 0.25) is 0 Å². The number of phenols is 1. The van der Waals surface area contributed by atoms with E-state index in [0.29, 0.717) is 5.75 Å².